The summed E-state index contributed by atoms with van der Waals surface area (Å²) in [5, 5.41) is 4.78. The highest BCUT2D eigenvalue weighted by Crippen LogP contribution is 2.35. The molecule has 6 heteroatoms. The van der Waals surface area contributed by atoms with Crippen molar-refractivity contribution < 1.29 is 9.47 Å². The SMILES string of the molecule is CCOc1cc(CNc2ccc(Cl)cc2)c(Br)cc1OCc1ccccc1Cl. The number of rotatable bonds is 8. The van der Waals surface area contributed by atoms with Crippen LogP contribution in [-0.4, -0.2) is 6.61 Å². The minimum atomic E-state index is 0.370. The van der Waals surface area contributed by atoms with E-state index in [1.54, 1.807) is 0 Å². The van der Waals surface area contributed by atoms with Crippen molar-refractivity contribution in [2.45, 2.75) is 20.1 Å². The summed E-state index contributed by atoms with van der Waals surface area (Å²) in [4.78, 5) is 0. The molecule has 3 aromatic carbocycles. The molecule has 0 bridgehead atoms. The van der Waals surface area contributed by atoms with Crippen molar-refractivity contribution in [3.05, 3.63) is 86.3 Å². The molecular formula is C22H20BrCl2NO2. The van der Waals surface area contributed by atoms with Crippen molar-refractivity contribution in [2.24, 2.45) is 0 Å². The first-order chi connectivity index (χ1) is 13.6. The van der Waals surface area contributed by atoms with Crippen LogP contribution in [0, 0.1) is 0 Å². The van der Waals surface area contributed by atoms with E-state index < -0.39 is 0 Å². The molecule has 3 rings (SSSR count). The van der Waals surface area contributed by atoms with Gasteiger partial charge >= 0.3 is 0 Å². The fourth-order valence-electron chi connectivity index (χ4n) is 2.63. The average molecular weight is 481 g/mol. The van der Waals surface area contributed by atoms with E-state index in [-0.39, 0.29) is 0 Å². The summed E-state index contributed by atoms with van der Waals surface area (Å²) in [6.07, 6.45) is 0. The monoisotopic (exact) mass is 479 g/mol. The van der Waals surface area contributed by atoms with Crippen LogP contribution in [0.1, 0.15) is 18.1 Å². The lowest BCUT2D eigenvalue weighted by atomic mass is 10.2. The van der Waals surface area contributed by atoms with E-state index >= 15 is 0 Å². The number of benzene rings is 3. The normalized spacial score (nSPS) is 10.6. The van der Waals surface area contributed by atoms with Crippen LogP contribution < -0.4 is 14.8 Å². The molecular weight excluding hydrogens is 461 g/mol. The Hall–Kier alpha value is -1.88. The van der Waals surface area contributed by atoms with Gasteiger partial charge in [0.05, 0.1) is 6.61 Å². The van der Waals surface area contributed by atoms with Gasteiger partial charge in [-0.3, -0.25) is 0 Å². The second-order valence-corrected chi connectivity index (χ2v) is 7.76. The maximum Gasteiger partial charge on any atom is 0.162 e. The molecule has 0 amide bonds. The standard InChI is InChI=1S/C22H20BrCl2NO2/c1-2-27-21-11-16(13-26-18-9-7-17(24)8-10-18)19(23)12-22(21)28-14-15-5-3-4-6-20(15)25/h3-12,26H,2,13-14H2,1H3. The summed E-state index contributed by atoms with van der Waals surface area (Å²) in [5.74, 6) is 1.37. The van der Waals surface area contributed by atoms with Gasteiger partial charge in [0, 0.05) is 32.3 Å². The quantitative estimate of drug-likeness (QED) is 0.365. The van der Waals surface area contributed by atoms with Gasteiger partial charge in [0.15, 0.2) is 11.5 Å². The largest absolute Gasteiger partial charge is 0.490 e. The van der Waals surface area contributed by atoms with E-state index in [1.807, 2.05) is 67.6 Å². The summed E-state index contributed by atoms with van der Waals surface area (Å²) in [6.45, 7) is 3.50. The molecule has 3 nitrogen and oxygen atoms in total. The Bertz CT molecular complexity index is 932. The third-order valence-electron chi connectivity index (χ3n) is 4.08. The third-order valence-corrected chi connectivity index (χ3v) is 5.44. The molecule has 0 aromatic heterocycles. The van der Waals surface area contributed by atoms with E-state index in [4.69, 9.17) is 32.7 Å². The number of hydrogen-bond acceptors (Lipinski definition) is 3. The molecule has 0 radical (unpaired) electrons. The summed E-state index contributed by atoms with van der Waals surface area (Å²) in [6, 6.07) is 19.2. The van der Waals surface area contributed by atoms with E-state index in [1.165, 1.54) is 0 Å². The lowest BCUT2D eigenvalue weighted by Crippen LogP contribution is -2.04. The second-order valence-electron chi connectivity index (χ2n) is 6.06. The molecule has 1 N–H and O–H groups in total. The number of nitrogens with one attached hydrogen (secondary N) is 1. The minimum Gasteiger partial charge on any atom is -0.490 e. The van der Waals surface area contributed by atoms with E-state index in [0.29, 0.717) is 41.3 Å². The number of hydrogen-bond donors (Lipinski definition) is 1. The Balaban J connectivity index is 1.75. The van der Waals surface area contributed by atoms with Gasteiger partial charge in [-0.15, -0.1) is 0 Å². The Morgan fingerprint density at radius 3 is 2.32 bits per heavy atom. The lowest BCUT2D eigenvalue weighted by molar-refractivity contribution is 0.269. The molecule has 0 aliphatic heterocycles. The molecule has 28 heavy (non-hydrogen) atoms. The molecule has 146 valence electrons. The first kappa shape index (κ1) is 20.8. The molecule has 0 heterocycles. The van der Waals surface area contributed by atoms with Crippen molar-refractivity contribution >= 4 is 44.8 Å². The van der Waals surface area contributed by atoms with Crippen LogP contribution in [0.15, 0.2) is 65.1 Å². The van der Waals surface area contributed by atoms with Gasteiger partial charge in [-0.25, -0.2) is 0 Å². The maximum absolute atomic E-state index is 6.22. The fourth-order valence-corrected chi connectivity index (χ4v) is 3.41. The summed E-state index contributed by atoms with van der Waals surface area (Å²) in [5.41, 5.74) is 2.98. The van der Waals surface area contributed by atoms with E-state index in [0.717, 1.165) is 21.3 Å². The van der Waals surface area contributed by atoms with Crippen molar-refractivity contribution in [3.63, 3.8) is 0 Å². The number of halogens is 3. The van der Waals surface area contributed by atoms with Crippen LogP contribution in [0.2, 0.25) is 10.0 Å². The number of anilines is 1. The molecule has 0 saturated carbocycles. The van der Waals surface area contributed by atoms with Crippen molar-refractivity contribution in [3.8, 4) is 11.5 Å². The fraction of sp³-hybridized carbons (Fsp3) is 0.182. The molecule has 0 aliphatic rings. The van der Waals surface area contributed by atoms with Gasteiger partial charge < -0.3 is 14.8 Å². The highest BCUT2D eigenvalue weighted by molar-refractivity contribution is 9.10. The van der Waals surface area contributed by atoms with Gasteiger partial charge in [-0.05, 0) is 55.0 Å². The van der Waals surface area contributed by atoms with Gasteiger partial charge in [-0.1, -0.05) is 57.3 Å². The molecule has 0 atom stereocenters. The predicted octanol–water partition coefficient (Wildman–Crippen LogP) is 7.35. The zero-order valence-corrected chi connectivity index (χ0v) is 18.4. The zero-order valence-electron chi connectivity index (χ0n) is 15.3. The Morgan fingerprint density at radius 2 is 1.61 bits per heavy atom. The molecule has 3 aromatic rings. The van der Waals surface area contributed by atoms with Crippen molar-refractivity contribution in [2.75, 3.05) is 11.9 Å². The minimum absolute atomic E-state index is 0.370. The highest BCUT2D eigenvalue weighted by Gasteiger charge is 2.12. The Labute approximate surface area is 183 Å². The number of ether oxygens (including phenoxy) is 2. The zero-order chi connectivity index (χ0) is 19.9. The predicted molar refractivity (Wildman–Crippen MR) is 120 cm³/mol. The van der Waals surface area contributed by atoms with Gasteiger partial charge in [0.25, 0.3) is 0 Å². The molecule has 0 unspecified atom stereocenters. The van der Waals surface area contributed by atoms with Crippen LogP contribution in [0.3, 0.4) is 0 Å². The van der Waals surface area contributed by atoms with Crippen molar-refractivity contribution in [1.82, 2.24) is 0 Å². The Morgan fingerprint density at radius 1 is 0.893 bits per heavy atom. The molecule has 0 saturated heterocycles. The molecule has 0 spiro atoms. The maximum atomic E-state index is 6.22. The average Bonchev–Trinajstić information content (AvgIpc) is 2.69. The van der Waals surface area contributed by atoms with Crippen LogP contribution in [0.5, 0.6) is 11.5 Å². The molecule has 0 fully saturated rings. The lowest BCUT2D eigenvalue weighted by Gasteiger charge is -2.16. The van der Waals surface area contributed by atoms with Crippen LogP contribution in [0.25, 0.3) is 0 Å². The van der Waals surface area contributed by atoms with Gasteiger partial charge in [-0.2, -0.15) is 0 Å². The first-order valence-electron chi connectivity index (χ1n) is 8.87. The van der Waals surface area contributed by atoms with Gasteiger partial charge in [0.2, 0.25) is 0 Å². The Kier molecular flexibility index (Phi) is 7.49. The molecule has 0 aliphatic carbocycles. The topological polar surface area (TPSA) is 30.5 Å². The van der Waals surface area contributed by atoms with Crippen LogP contribution >= 0.6 is 39.1 Å². The van der Waals surface area contributed by atoms with Crippen LogP contribution in [-0.2, 0) is 13.2 Å². The third kappa shape index (κ3) is 5.57. The second kappa shape index (κ2) is 10.1. The van der Waals surface area contributed by atoms with E-state index in [9.17, 15) is 0 Å². The van der Waals surface area contributed by atoms with Crippen molar-refractivity contribution in [1.29, 1.82) is 0 Å². The van der Waals surface area contributed by atoms with Gasteiger partial charge in [0.1, 0.15) is 6.61 Å². The summed E-state index contributed by atoms with van der Waals surface area (Å²) < 4.78 is 12.7. The van der Waals surface area contributed by atoms with E-state index in [2.05, 4.69) is 21.2 Å². The highest BCUT2D eigenvalue weighted by atomic mass is 79.9. The first-order valence-corrected chi connectivity index (χ1v) is 10.4. The summed E-state index contributed by atoms with van der Waals surface area (Å²) in [7, 11) is 0. The smallest absolute Gasteiger partial charge is 0.162 e. The summed E-state index contributed by atoms with van der Waals surface area (Å²) >= 11 is 15.8. The van der Waals surface area contributed by atoms with Crippen LogP contribution in [0.4, 0.5) is 5.69 Å².